The first kappa shape index (κ1) is 41.5. The highest BCUT2D eigenvalue weighted by Gasteiger charge is 2.49. The number of hydrogen-bond acceptors (Lipinski definition) is 6. The molecule has 0 spiro atoms. The maximum atomic E-state index is 13.4. The van der Waals surface area contributed by atoms with Gasteiger partial charge in [-0.05, 0) is 116 Å². The molecule has 4 bridgehead atoms. The molecule has 2 atom stereocenters. The first-order valence-electron chi connectivity index (χ1n) is 20.5. The smallest absolute Gasteiger partial charge is 0.315 e. The Hall–Kier alpha value is -4.19. The number of para-hydroxylation sites is 2. The monoisotopic (exact) mass is 875 g/mol. The zero-order valence-electron chi connectivity index (χ0n) is 32.7. The van der Waals surface area contributed by atoms with E-state index in [2.05, 4.69) is 10.6 Å². The highest BCUT2D eigenvalue weighted by Crippen LogP contribution is 2.53. The second-order valence-electron chi connectivity index (χ2n) is 16.3. The average Bonchev–Trinajstić information content (AvgIpc) is 3.87. The lowest BCUT2D eigenvalue weighted by Gasteiger charge is -2.54. The largest absolute Gasteiger partial charge is 0.335 e. The summed E-state index contributed by atoms with van der Waals surface area (Å²) >= 11 is 25.8. The minimum absolute atomic E-state index is 0.0454. The molecule has 4 aromatic carbocycles. The van der Waals surface area contributed by atoms with Crippen molar-refractivity contribution >= 4 is 75.6 Å². The van der Waals surface area contributed by atoms with E-state index in [-0.39, 0.29) is 49.1 Å². The van der Waals surface area contributed by atoms with Crippen LogP contribution < -0.4 is 26.4 Å². The number of rotatable bonds is 8. The molecule has 2 unspecified atom stereocenters. The van der Waals surface area contributed by atoms with Gasteiger partial charge in [-0.2, -0.15) is 0 Å². The summed E-state index contributed by atoms with van der Waals surface area (Å²) in [4.78, 5) is 38.5. The first-order valence-corrected chi connectivity index (χ1v) is 22.0. The van der Waals surface area contributed by atoms with Crippen LogP contribution in [-0.2, 0) is 9.59 Å². The molecule has 4 saturated carbocycles. The minimum Gasteiger partial charge on any atom is -0.335 e. The molecule has 4 amide bonds. The lowest BCUT2D eigenvalue weighted by atomic mass is 9.54. The molecule has 0 radical (unpaired) electrons. The molecule has 0 aromatic heterocycles. The summed E-state index contributed by atoms with van der Waals surface area (Å²) in [5.41, 5.74) is 9.01. The number of nitrogens with zero attached hydrogens (tertiary/aromatic N) is 4. The second kappa shape index (κ2) is 18.2. The third-order valence-electron chi connectivity index (χ3n) is 12.7. The topological polar surface area (TPSA) is 114 Å². The van der Waals surface area contributed by atoms with Gasteiger partial charge in [0, 0.05) is 29.2 Å². The van der Waals surface area contributed by atoms with Crippen molar-refractivity contribution < 1.29 is 14.4 Å². The highest BCUT2D eigenvalue weighted by atomic mass is 35.5. The van der Waals surface area contributed by atoms with Gasteiger partial charge in [-0.3, -0.25) is 29.6 Å². The minimum atomic E-state index is -0.244. The van der Waals surface area contributed by atoms with E-state index >= 15 is 0 Å². The second-order valence-corrected chi connectivity index (χ2v) is 17.9. The molecule has 6 aliphatic rings. The zero-order chi connectivity index (χ0) is 41.2. The number of hydrazine groups is 2. The molecule has 59 heavy (non-hydrogen) atoms. The van der Waals surface area contributed by atoms with Crippen LogP contribution in [-0.4, -0.2) is 60.1 Å². The molecule has 4 N–H and O–H groups in total. The van der Waals surface area contributed by atoms with E-state index in [9.17, 15) is 14.4 Å². The molecule has 4 aliphatic carbocycles. The Kier molecular flexibility index (Phi) is 12.8. The van der Waals surface area contributed by atoms with E-state index < -0.39 is 0 Å². The lowest BCUT2D eigenvalue weighted by molar-refractivity contribution is -0.130. The number of nitrogens with two attached hydrogens (primary N) is 1. The van der Waals surface area contributed by atoms with Crippen LogP contribution in [0.4, 0.5) is 16.2 Å². The number of nitrogens with one attached hydrogen (secondary N) is 2. The molecule has 6 fully saturated rings. The fraction of sp³-hybridized carbons (Fsp3) is 0.400. The normalized spacial score (nSPS) is 25.5. The lowest BCUT2D eigenvalue weighted by Crippen LogP contribution is -2.58. The van der Waals surface area contributed by atoms with E-state index in [4.69, 9.17) is 52.1 Å². The summed E-state index contributed by atoms with van der Waals surface area (Å²) in [6.07, 6.45) is 7.80. The number of anilines is 2. The van der Waals surface area contributed by atoms with Crippen LogP contribution in [0.15, 0.2) is 97.1 Å². The quantitative estimate of drug-likeness (QED) is 0.163. The number of amides is 4. The summed E-state index contributed by atoms with van der Waals surface area (Å²) in [6, 6.07) is 30.1. The predicted octanol–water partition coefficient (Wildman–Crippen LogP) is 9.46. The van der Waals surface area contributed by atoms with Crippen LogP contribution >= 0.6 is 46.4 Å². The zero-order valence-corrected chi connectivity index (χ0v) is 35.7. The van der Waals surface area contributed by atoms with Crippen molar-refractivity contribution in [1.82, 2.24) is 20.7 Å². The van der Waals surface area contributed by atoms with Gasteiger partial charge in [0.05, 0.1) is 40.0 Å². The number of carbonyl (C=O) groups excluding carboxylic acids is 3. The van der Waals surface area contributed by atoms with Crippen LogP contribution in [0.3, 0.4) is 0 Å². The van der Waals surface area contributed by atoms with Crippen LogP contribution in [0.1, 0.15) is 68.2 Å². The van der Waals surface area contributed by atoms with E-state index in [1.807, 2.05) is 107 Å². The molecule has 310 valence electrons. The van der Waals surface area contributed by atoms with Crippen molar-refractivity contribution in [3.05, 3.63) is 128 Å². The molecule has 2 saturated heterocycles. The molecule has 4 aromatic rings. The number of urea groups is 1. The van der Waals surface area contributed by atoms with E-state index in [0.29, 0.717) is 51.4 Å². The van der Waals surface area contributed by atoms with Gasteiger partial charge >= 0.3 is 6.03 Å². The third kappa shape index (κ3) is 8.71. The van der Waals surface area contributed by atoms with Crippen molar-refractivity contribution in [2.75, 3.05) is 36.2 Å². The van der Waals surface area contributed by atoms with Gasteiger partial charge in [0.1, 0.15) is 6.54 Å². The Labute approximate surface area is 365 Å². The van der Waals surface area contributed by atoms with Gasteiger partial charge in [0.15, 0.2) is 0 Å². The summed E-state index contributed by atoms with van der Waals surface area (Å²) in [5, 5.41) is 15.8. The third-order valence-corrected chi connectivity index (χ3v) is 14.1. The summed E-state index contributed by atoms with van der Waals surface area (Å²) < 4.78 is 0. The van der Waals surface area contributed by atoms with E-state index in [1.165, 1.54) is 32.1 Å². The molecule has 2 aliphatic heterocycles. The number of halogens is 4. The Bertz CT molecular complexity index is 2150. The Morgan fingerprint density at radius 3 is 1.44 bits per heavy atom. The molecule has 2 heterocycles. The van der Waals surface area contributed by atoms with Crippen LogP contribution in [0.5, 0.6) is 0 Å². The van der Waals surface area contributed by atoms with E-state index in [1.54, 1.807) is 10.0 Å². The van der Waals surface area contributed by atoms with Crippen molar-refractivity contribution in [3.8, 4) is 0 Å². The molecule has 10 rings (SSSR count). The Balaban J connectivity index is 0.000000182. The average molecular weight is 878 g/mol. The number of carbonyl (C=O) groups is 3. The summed E-state index contributed by atoms with van der Waals surface area (Å²) in [6.45, 7) is 0.974. The van der Waals surface area contributed by atoms with Crippen LogP contribution in [0.2, 0.25) is 20.1 Å². The molecular weight excluding hydrogens is 828 g/mol. The number of hydrogen-bond donors (Lipinski definition) is 3. The Morgan fingerprint density at radius 1 is 0.576 bits per heavy atom. The first-order chi connectivity index (χ1) is 28.6. The SMILES string of the molecule is NCC(=O)N1CCC(c2ccccc2Cl)N1c1ccccc1Cl.O=C(NCC(=O)N1CCC(c2ccccc2Cl)N1c1ccccc1Cl)NC1C2CC3CC(C2)CC1C3. The van der Waals surface area contributed by atoms with Crippen molar-refractivity contribution in [2.24, 2.45) is 29.4 Å². The Morgan fingerprint density at radius 2 is 1.00 bits per heavy atom. The van der Waals surface area contributed by atoms with Gasteiger partial charge in [-0.25, -0.2) is 4.79 Å². The maximum absolute atomic E-state index is 13.4. The van der Waals surface area contributed by atoms with Gasteiger partial charge < -0.3 is 16.4 Å². The van der Waals surface area contributed by atoms with Crippen LogP contribution in [0, 0.1) is 23.7 Å². The molecular formula is C45H49Cl4N7O3. The number of benzene rings is 4. The van der Waals surface area contributed by atoms with Gasteiger partial charge in [0.2, 0.25) is 0 Å². The van der Waals surface area contributed by atoms with Crippen molar-refractivity contribution in [2.45, 2.75) is 63.1 Å². The maximum Gasteiger partial charge on any atom is 0.315 e. The fourth-order valence-corrected chi connectivity index (χ4v) is 11.4. The highest BCUT2D eigenvalue weighted by molar-refractivity contribution is 6.34. The van der Waals surface area contributed by atoms with Crippen molar-refractivity contribution in [1.29, 1.82) is 0 Å². The molecule has 10 nitrogen and oxygen atoms in total. The predicted molar refractivity (Wildman–Crippen MR) is 235 cm³/mol. The molecule has 14 heteroatoms. The van der Waals surface area contributed by atoms with Crippen molar-refractivity contribution in [3.63, 3.8) is 0 Å². The van der Waals surface area contributed by atoms with Gasteiger partial charge in [-0.15, -0.1) is 0 Å². The standard InChI is InChI=1S/C28H32Cl2N4O2.C17H17Cl2N3O/c29-22-6-2-1-5-21(22)24-9-10-33(34(24)25-8-4-3-7-23(25)30)26(35)16-31-28(36)32-27-19-12-17-11-18(14-19)15-20(27)13-17;18-13-6-2-1-5-12(13)15-9-10-21(17(23)11-20)22(15)16-8-4-3-7-14(16)19/h1-8,17-20,24,27H,9-16H2,(H2,31,32,36);1-8,15H,9-11,20H2. The summed E-state index contributed by atoms with van der Waals surface area (Å²) in [5.74, 6) is 2.57. The van der Waals surface area contributed by atoms with E-state index in [0.717, 1.165) is 40.8 Å². The van der Waals surface area contributed by atoms with Crippen LogP contribution in [0.25, 0.3) is 0 Å². The van der Waals surface area contributed by atoms with Gasteiger partial charge in [0.25, 0.3) is 11.8 Å². The summed E-state index contributed by atoms with van der Waals surface area (Å²) in [7, 11) is 0. The fourth-order valence-electron chi connectivity index (χ4n) is 10.4. The van der Waals surface area contributed by atoms with Gasteiger partial charge in [-0.1, -0.05) is 107 Å².